The van der Waals surface area contributed by atoms with E-state index in [1.54, 1.807) is 12.1 Å². The maximum atomic E-state index is 11.7. The number of sulfonamides is 1. The number of nitrogens with two attached hydrogens (primary N) is 1. The van der Waals surface area contributed by atoms with Crippen molar-refractivity contribution in [2.45, 2.75) is 17.7 Å². The van der Waals surface area contributed by atoms with E-state index >= 15 is 0 Å². The first kappa shape index (κ1) is 18.0. The Morgan fingerprint density at radius 3 is 1.83 bits per heavy atom. The minimum Gasteiger partial charge on any atom is -0.338 e. The van der Waals surface area contributed by atoms with Gasteiger partial charge in [-0.2, -0.15) is 0 Å². The molecule has 0 unspecified atom stereocenters. The summed E-state index contributed by atoms with van der Waals surface area (Å²) in [6.07, 6.45) is 1.39. The highest BCUT2D eigenvalue weighted by Gasteiger charge is 2.06. The molecule has 6 nitrogen and oxygen atoms in total. The minimum absolute atomic E-state index is 0.0814. The molecule has 0 aliphatic rings. The summed E-state index contributed by atoms with van der Waals surface area (Å²) in [6, 6.07) is 16.0. The predicted molar refractivity (Wildman–Crippen MR) is 93.1 cm³/mol. The fraction of sp³-hybridized carbons (Fsp3) is 0.235. The third-order valence-electron chi connectivity index (χ3n) is 3.49. The van der Waals surface area contributed by atoms with Crippen LogP contribution in [0.15, 0.2) is 59.5 Å². The lowest BCUT2D eigenvalue weighted by atomic mass is 10.1. The number of amides is 2. The molecule has 0 aliphatic carbocycles. The number of nitrogens with one attached hydrogen (secondary N) is 2. The van der Waals surface area contributed by atoms with E-state index in [1.165, 1.54) is 17.7 Å². The van der Waals surface area contributed by atoms with Crippen LogP contribution in [0.3, 0.4) is 0 Å². The van der Waals surface area contributed by atoms with Gasteiger partial charge in [-0.05, 0) is 36.1 Å². The molecular formula is C17H21N3O3S. The van der Waals surface area contributed by atoms with E-state index in [2.05, 4.69) is 10.6 Å². The molecule has 0 spiro atoms. The van der Waals surface area contributed by atoms with Gasteiger partial charge in [-0.25, -0.2) is 18.4 Å². The lowest BCUT2D eigenvalue weighted by Gasteiger charge is -2.08. The van der Waals surface area contributed by atoms with Crippen molar-refractivity contribution in [3.63, 3.8) is 0 Å². The summed E-state index contributed by atoms with van der Waals surface area (Å²) < 4.78 is 22.3. The molecule has 0 radical (unpaired) electrons. The lowest BCUT2D eigenvalue weighted by Crippen LogP contribution is -2.37. The Morgan fingerprint density at radius 2 is 1.33 bits per heavy atom. The number of rotatable bonds is 7. The Labute approximate surface area is 142 Å². The molecule has 2 aromatic rings. The minimum atomic E-state index is -3.67. The highest BCUT2D eigenvalue weighted by molar-refractivity contribution is 7.89. The van der Waals surface area contributed by atoms with Crippen LogP contribution in [-0.2, 0) is 22.9 Å². The van der Waals surface area contributed by atoms with Gasteiger partial charge in [0.2, 0.25) is 10.0 Å². The van der Waals surface area contributed by atoms with Crippen LogP contribution in [-0.4, -0.2) is 27.5 Å². The van der Waals surface area contributed by atoms with Crippen LogP contribution in [0.5, 0.6) is 0 Å². The quantitative estimate of drug-likeness (QED) is 0.706. The molecular weight excluding hydrogens is 326 g/mol. The number of benzene rings is 2. The van der Waals surface area contributed by atoms with Gasteiger partial charge in [0.15, 0.2) is 0 Å². The first-order valence-electron chi connectivity index (χ1n) is 7.62. The first-order valence-corrected chi connectivity index (χ1v) is 9.17. The smallest absolute Gasteiger partial charge is 0.314 e. The summed E-state index contributed by atoms with van der Waals surface area (Å²) >= 11 is 0. The molecule has 2 aromatic carbocycles. The van der Waals surface area contributed by atoms with E-state index in [4.69, 9.17) is 5.14 Å². The number of carbonyl (C=O) groups is 1. The van der Waals surface area contributed by atoms with E-state index in [1.807, 2.05) is 30.3 Å². The molecule has 0 saturated carbocycles. The predicted octanol–water partition coefficient (Wildman–Crippen LogP) is 1.42. The molecule has 4 N–H and O–H groups in total. The van der Waals surface area contributed by atoms with Gasteiger partial charge in [0.1, 0.15) is 0 Å². The van der Waals surface area contributed by atoms with Gasteiger partial charge in [0.25, 0.3) is 0 Å². The average Bonchev–Trinajstić information content (AvgIpc) is 2.55. The number of urea groups is 1. The topological polar surface area (TPSA) is 101 Å². The van der Waals surface area contributed by atoms with E-state index in [0.29, 0.717) is 19.5 Å². The van der Waals surface area contributed by atoms with Gasteiger partial charge in [0.05, 0.1) is 4.90 Å². The zero-order chi connectivity index (χ0) is 17.4. The molecule has 0 aliphatic heterocycles. The third kappa shape index (κ3) is 6.02. The Bertz CT molecular complexity index is 759. The van der Waals surface area contributed by atoms with Crippen LogP contribution < -0.4 is 15.8 Å². The summed E-state index contributed by atoms with van der Waals surface area (Å²) in [6.45, 7) is 1.03. The summed E-state index contributed by atoms with van der Waals surface area (Å²) in [7, 11) is -3.67. The molecule has 128 valence electrons. The van der Waals surface area contributed by atoms with Gasteiger partial charge < -0.3 is 10.6 Å². The number of primary sulfonamides is 1. The van der Waals surface area contributed by atoms with Crippen molar-refractivity contribution in [3.05, 3.63) is 65.7 Å². The molecule has 0 fully saturated rings. The van der Waals surface area contributed by atoms with Gasteiger partial charge in [-0.3, -0.25) is 0 Å². The number of hydrogen-bond donors (Lipinski definition) is 3. The lowest BCUT2D eigenvalue weighted by molar-refractivity contribution is 0.241. The summed E-state index contributed by atoms with van der Waals surface area (Å²) in [5.41, 5.74) is 2.10. The van der Waals surface area contributed by atoms with E-state index in [9.17, 15) is 13.2 Å². The average molecular weight is 347 g/mol. The summed E-state index contributed by atoms with van der Waals surface area (Å²) in [5.74, 6) is 0. The molecule has 7 heteroatoms. The molecule has 0 heterocycles. The van der Waals surface area contributed by atoms with E-state index in [0.717, 1.165) is 12.0 Å². The molecule has 2 amide bonds. The zero-order valence-corrected chi connectivity index (χ0v) is 14.1. The van der Waals surface area contributed by atoms with Gasteiger partial charge in [-0.1, -0.05) is 42.5 Å². The fourth-order valence-electron chi connectivity index (χ4n) is 2.19. The largest absolute Gasteiger partial charge is 0.338 e. The number of hydrogen-bond acceptors (Lipinski definition) is 3. The normalized spacial score (nSPS) is 11.0. The van der Waals surface area contributed by atoms with Crippen LogP contribution in [0.1, 0.15) is 11.1 Å². The van der Waals surface area contributed by atoms with Crippen LogP contribution in [0, 0.1) is 0 Å². The Balaban J connectivity index is 1.67. The molecule has 0 atom stereocenters. The van der Waals surface area contributed by atoms with Crippen molar-refractivity contribution >= 4 is 16.1 Å². The zero-order valence-electron chi connectivity index (χ0n) is 13.2. The second-order valence-corrected chi connectivity index (χ2v) is 6.92. The van der Waals surface area contributed by atoms with Crippen LogP contribution >= 0.6 is 0 Å². The van der Waals surface area contributed by atoms with Crippen molar-refractivity contribution < 1.29 is 13.2 Å². The Kier molecular flexibility index (Phi) is 6.34. The van der Waals surface area contributed by atoms with Crippen molar-refractivity contribution in [1.82, 2.24) is 10.6 Å². The van der Waals surface area contributed by atoms with Crippen molar-refractivity contribution in [3.8, 4) is 0 Å². The van der Waals surface area contributed by atoms with E-state index < -0.39 is 10.0 Å². The van der Waals surface area contributed by atoms with Crippen molar-refractivity contribution in [2.24, 2.45) is 5.14 Å². The number of carbonyl (C=O) groups excluding carboxylic acids is 1. The van der Waals surface area contributed by atoms with Crippen LogP contribution in [0.25, 0.3) is 0 Å². The molecule has 24 heavy (non-hydrogen) atoms. The van der Waals surface area contributed by atoms with Crippen molar-refractivity contribution in [2.75, 3.05) is 13.1 Å². The van der Waals surface area contributed by atoms with Gasteiger partial charge in [-0.15, -0.1) is 0 Å². The molecule has 0 bridgehead atoms. The SMILES string of the molecule is NS(=O)(=O)c1ccc(CCNC(=O)NCCc2ccccc2)cc1. The standard InChI is InChI=1S/C17H21N3O3S/c18-24(22,23)16-8-6-15(7-9-16)11-13-20-17(21)19-12-10-14-4-2-1-3-5-14/h1-9H,10-13H2,(H2,18,22,23)(H2,19,20,21). The molecule has 0 saturated heterocycles. The summed E-state index contributed by atoms with van der Waals surface area (Å²) in [5, 5.41) is 10.6. The highest BCUT2D eigenvalue weighted by Crippen LogP contribution is 2.08. The van der Waals surface area contributed by atoms with Crippen LogP contribution in [0.2, 0.25) is 0 Å². The second kappa shape index (κ2) is 8.47. The van der Waals surface area contributed by atoms with Crippen molar-refractivity contribution in [1.29, 1.82) is 0 Å². The Morgan fingerprint density at radius 1 is 0.833 bits per heavy atom. The second-order valence-electron chi connectivity index (χ2n) is 5.36. The monoisotopic (exact) mass is 347 g/mol. The fourth-order valence-corrected chi connectivity index (χ4v) is 2.71. The van der Waals surface area contributed by atoms with Gasteiger partial charge in [0, 0.05) is 13.1 Å². The van der Waals surface area contributed by atoms with Crippen LogP contribution in [0.4, 0.5) is 4.79 Å². The summed E-state index contributed by atoms with van der Waals surface area (Å²) in [4.78, 5) is 11.8. The third-order valence-corrected chi connectivity index (χ3v) is 4.42. The first-order chi connectivity index (χ1) is 11.4. The van der Waals surface area contributed by atoms with E-state index in [-0.39, 0.29) is 10.9 Å². The molecule has 0 aromatic heterocycles. The Hall–Kier alpha value is -2.38. The maximum Gasteiger partial charge on any atom is 0.314 e. The van der Waals surface area contributed by atoms with Gasteiger partial charge >= 0.3 is 6.03 Å². The highest BCUT2D eigenvalue weighted by atomic mass is 32.2. The maximum absolute atomic E-state index is 11.7. The molecule has 2 rings (SSSR count).